The molecule has 0 aromatic heterocycles. The van der Waals surface area contributed by atoms with Crippen molar-refractivity contribution in [2.75, 3.05) is 13.7 Å². The summed E-state index contributed by atoms with van der Waals surface area (Å²) in [5, 5.41) is 1.12. The van der Waals surface area contributed by atoms with Crippen LogP contribution in [0.25, 0.3) is 0 Å². The summed E-state index contributed by atoms with van der Waals surface area (Å²) < 4.78 is 34.2. The second-order valence-electron chi connectivity index (χ2n) is 5.28. The molecule has 1 saturated heterocycles. The van der Waals surface area contributed by atoms with E-state index in [2.05, 4.69) is 0 Å². The molecule has 1 unspecified atom stereocenters. The van der Waals surface area contributed by atoms with Crippen LogP contribution in [0.2, 0.25) is 9.63 Å². The van der Waals surface area contributed by atoms with Gasteiger partial charge >= 0.3 is 133 Å². The van der Waals surface area contributed by atoms with Gasteiger partial charge in [0.15, 0.2) is 0 Å². The van der Waals surface area contributed by atoms with E-state index in [1.165, 1.54) is 6.42 Å². The molecule has 1 heterocycles. The molecule has 0 amide bonds. The SMILES string of the molecule is [2H]C([2H])([2H])C1(CCCCOc2ccc(OC)cc2)CCCC[Se]1. The minimum absolute atomic E-state index is 0.243. The Morgan fingerprint density at radius 1 is 1.20 bits per heavy atom. The molecule has 2 rings (SSSR count). The van der Waals surface area contributed by atoms with Crippen molar-refractivity contribution < 1.29 is 13.6 Å². The summed E-state index contributed by atoms with van der Waals surface area (Å²) in [6, 6.07) is 7.55. The summed E-state index contributed by atoms with van der Waals surface area (Å²) in [6.45, 7) is -1.17. The number of ether oxygens (including phenoxy) is 2. The molecule has 1 aliphatic rings. The van der Waals surface area contributed by atoms with Gasteiger partial charge in [-0.05, 0) is 0 Å². The Morgan fingerprint density at radius 2 is 2.00 bits per heavy atom. The summed E-state index contributed by atoms with van der Waals surface area (Å²) in [4.78, 5) is 0. The van der Waals surface area contributed by atoms with Gasteiger partial charge in [0, 0.05) is 0 Å². The van der Waals surface area contributed by atoms with Crippen LogP contribution < -0.4 is 9.47 Å². The molecule has 0 spiro atoms. The molecule has 20 heavy (non-hydrogen) atoms. The summed E-state index contributed by atoms with van der Waals surface area (Å²) in [5.74, 6) is 1.65. The first-order valence-electron chi connectivity index (χ1n) is 8.88. The third-order valence-corrected chi connectivity index (χ3v) is 6.71. The van der Waals surface area contributed by atoms with Crippen LogP contribution in [-0.4, -0.2) is 28.7 Å². The van der Waals surface area contributed by atoms with E-state index in [0.717, 1.165) is 48.9 Å². The zero-order valence-corrected chi connectivity index (χ0v) is 13.9. The number of unbranched alkanes of at least 4 members (excludes halogenated alkanes) is 1. The van der Waals surface area contributed by atoms with Gasteiger partial charge in [-0.15, -0.1) is 0 Å². The normalized spacial score (nSPS) is 25.4. The summed E-state index contributed by atoms with van der Waals surface area (Å²) >= 11 is 0.243. The molecule has 0 aliphatic carbocycles. The van der Waals surface area contributed by atoms with E-state index in [9.17, 15) is 0 Å². The number of methoxy groups -OCH3 is 1. The summed E-state index contributed by atoms with van der Waals surface area (Å²) in [5.41, 5.74) is 0. The second kappa shape index (κ2) is 7.95. The fraction of sp³-hybridized carbons (Fsp3) is 0.647. The third kappa shape index (κ3) is 5.03. The van der Waals surface area contributed by atoms with Gasteiger partial charge in [-0.2, -0.15) is 0 Å². The van der Waals surface area contributed by atoms with Crippen LogP contribution in [0.5, 0.6) is 11.5 Å². The Labute approximate surface area is 133 Å². The van der Waals surface area contributed by atoms with Crippen LogP contribution in [0, 0.1) is 0 Å². The number of benzene rings is 1. The van der Waals surface area contributed by atoms with Gasteiger partial charge in [0.05, 0.1) is 0 Å². The molecule has 1 aromatic carbocycles. The van der Waals surface area contributed by atoms with Crippen molar-refractivity contribution in [2.24, 2.45) is 0 Å². The van der Waals surface area contributed by atoms with Crippen molar-refractivity contribution in [3.8, 4) is 11.5 Å². The van der Waals surface area contributed by atoms with Crippen LogP contribution in [0.3, 0.4) is 0 Å². The van der Waals surface area contributed by atoms with E-state index in [4.69, 9.17) is 13.6 Å². The summed E-state index contributed by atoms with van der Waals surface area (Å²) in [7, 11) is 1.64. The first-order valence-corrected chi connectivity index (χ1v) is 9.44. The van der Waals surface area contributed by atoms with E-state index < -0.39 is 11.2 Å². The van der Waals surface area contributed by atoms with Crippen LogP contribution in [0.4, 0.5) is 0 Å². The quantitative estimate of drug-likeness (QED) is 0.526. The zero-order chi connectivity index (χ0) is 16.8. The van der Waals surface area contributed by atoms with Crippen molar-refractivity contribution in [3.63, 3.8) is 0 Å². The standard InChI is InChI=1S/C17H26O2Se/c1-17(12-4-6-14-20-17)11-3-5-13-19-16-9-7-15(18-2)8-10-16/h7-10H,3-6,11-14H2,1-2H3/i1D3. The number of rotatable bonds is 7. The Balaban J connectivity index is 1.74. The zero-order valence-electron chi connectivity index (χ0n) is 15.2. The van der Waals surface area contributed by atoms with E-state index in [-0.39, 0.29) is 15.0 Å². The first-order chi connectivity index (χ1) is 11.0. The van der Waals surface area contributed by atoms with Crippen molar-refractivity contribution in [1.82, 2.24) is 0 Å². The van der Waals surface area contributed by atoms with Gasteiger partial charge < -0.3 is 0 Å². The molecular formula is C17H26O2Se. The van der Waals surface area contributed by atoms with Crippen LogP contribution in [-0.2, 0) is 0 Å². The van der Waals surface area contributed by atoms with Gasteiger partial charge in [0.25, 0.3) is 0 Å². The van der Waals surface area contributed by atoms with Crippen molar-refractivity contribution >= 4 is 15.0 Å². The number of hydrogen-bond donors (Lipinski definition) is 0. The molecule has 112 valence electrons. The third-order valence-electron chi connectivity index (χ3n) is 3.66. The van der Waals surface area contributed by atoms with Crippen LogP contribution in [0.15, 0.2) is 24.3 Å². The molecule has 0 N–H and O–H groups in total. The maximum absolute atomic E-state index is 7.93. The van der Waals surface area contributed by atoms with Crippen LogP contribution >= 0.6 is 0 Å². The second-order valence-corrected chi connectivity index (χ2v) is 8.38. The number of hydrogen-bond acceptors (Lipinski definition) is 2. The molecule has 1 aliphatic heterocycles. The molecule has 3 heteroatoms. The summed E-state index contributed by atoms with van der Waals surface area (Å²) in [6.07, 6.45) is 5.80. The molecule has 1 fully saturated rings. The van der Waals surface area contributed by atoms with Gasteiger partial charge in [-0.3, -0.25) is 0 Å². The fourth-order valence-electron chi connectivity index (χ4n) is 2.42. The molecule has 0 bridgehead atoms. The van der Waals surface area contributed by atoms with Crippen molar-refractivity contribution in [2.45, 2.75) is 55.0 Å². The Hall–Kier alpha value is -0.661. The predicted octanol–water partition coefficient (Wildman–Crippen LogP) is 4.73. The Morgan fingerprint density at radius 3 is 2.65 bits per heavy atom. The average Bonchev–Trinajstić information content (AvgIpc) is 2.55. The minimum atomic E-state index is -1.80. The predicted molar refractivity (Wildman–Crippen MR) is 85.1 cm³/mol. The monoisotopic (exact) mass is 345 g/mol. The van der Waals surface area contributed by atoms with E-state index >= 15 is 0 Å². The van der Waals surface area contributed by atoms with E-state index in [0.29, 0.717) is 6.61 Å². The molecule has 1 aromatic rings. The Bertz CT molecular complexity index is 468. The molecule has 1 atom stereocenters. The average molecular weight is 344 g/mol. The van der Waals surface area contributed by atoms with Gasteiger partial charge in [0.1, 0.15) is 0 Å². The molecular weight excluding hydrogens is 315 g/mol. The first kappa shape index (κ1) is 11.9. The van der Waals surface area contributed by atoms with E-state index in [1.807, 2.05) is 24.3 Å². The molecule has 0 saturated carbocycles. The molecule has 2 nitrogen and oxygen atoms in total. The van der Waals surface area contributed by atoms with E-state index in [1.54, 1.807) is 7.11 Å². The van der Waals surface area contributed by atoms with Crippen LogP contribution in [0.1, 0.15) is 49.5 Å². The topological polar surface area (TPSA) is 18.5 Å². The fourth-order valence-corrected chi connectivity index (χ4v) is 5.19. The van der Waals surface area contributed by atoms with Crippen molar-refractivity contribution in [3.05, 3.63) is 24.3 Å². The van der Waals surface area contributed by atoms with Crippen molar-refractivity contribution in [1.29, 1.82) is 0 Å². The van der Waals surface area contributed by atoms with Gasteiger partial charge in [-0.1, -0.05) is 0 Å². The molecule has 0 radical (unpaired) electrons. The van der Waals surface area contributed by atoms with Gasteiger partial charge in [-0.25, -0.2) is 0 Å². The maximum atomic E-state index is 7.93. The van der Waals surface area contributed by atoms with Gasteiger partial charge in [0.2, 0.25) is 0 Å². The Kier molecular flexibility index (Phi) is 4.75.